The Morgan fingerprint density at radius 2 is 1.50 bits per heavy atom. The topological polar surface area (TPSA) is 126 Å². The molecule has 0 saturated carbocycles. The zero-order valence-corrected chi connectivity index (χ0v) is 26.6. The summed E-state index contributed by atoms with van der Waals surface area (Å²) in [6.45, 7) is 10.9. The van der Waals surface area contributed by atoms with Crippen molar-refractivity contribution in [2.24, 2.45) is 0 Å². The number of amides is 3. The van der Waals surface area contributed by atoms with Crippen LogP contribution in [0.4, 0.5) is 38.3 Å². The Bertz CT molecular complexity index is 1620. The second-order valence-corrected chi connectivity index (χ2v) is 12.9. The lowest BCUT2D eigenvalue weighted by molar-refractivity contribution is 0.0544. The van der Waals surface area contributed by atoms with Gasteiger partial charge in [0.15, 0.2) is 6.73 Å². The van der Waals surface area contributed by atoms with Crippen LogP contribution in [0.5, 0.6) is 5.88 Å². The molecule has 44 heavy (non-hydrogen) atoms. The van der Waals surface area contributed by atoms with Gasteiger partial charge < -0.3 is 19.5 Å². The number of hydrogen-bond acceptors (Lipinski definition) is 9. The molecule has 0 aliphatic carbocycles. The summed E-state index contributed by atoms with van der Waals surface area (Å²) < 4.78 is 17.0. The van der Waals surface area contributed by atoms with Crippen molar-refractivity contribution in [2.45, 2.75) is 52.7 Å². The number of hydrogen-bond donors (Lipinski definition) is 1. The Labute approximate surface area is 264 Å². The van der Waals surface area contributed by atoms with Crippen LogP contribution in [-0.4, -0.2) is 59.1 Å². The third-order valence-corrected chi connectivity index (χ3v) is 6.97. The SMILES string of the molecule is CC(C)(C)OC(=O)N1CCN(C(=O)OC(C)(C)C)c2cc(Nc3ncc4c(n3)OCN(c3c(Cl)cccc3Cl)C4=O)ccc21. The smallest absolute Gasteiger partial charge is 0.414 e. The van der Waals surface area contributed by atoms with E-state index < -0.39 is 29.3 Å². The number of carbonyl (C=O) groups excluding carboxylic acids is 3. The van der Waals surface area contributed by atoms with E-state index >= 15 is 0 Å². The molecule has 0 bridgehead atoms. The average molecular weight is 644 g/mol. The van der Waals surface area contributed by atoms with Gasteiger partial charge in [-0.3, -0.25) is 19.5 Å². The first-order chi connectivity index (χ1) is 20.6. The second-order valence-electron chi connectivity index (χ2n) is 12.1. The van der Waals surface area contributed by atoms with E-state index in [2.05, 4.69) is 15.3 Å². The molecule has 2 aliphatic heterocycles. The van der Waals surface area contributed by atoms with Gasteiger partial charge in [-0.2, -0.15) is 4.98 Å². The third-order valence-electron chi connectivity index (χ3n) is 6.36. The van der Waals surface area contributed by atoms with Crippen molar-refractivity contribution in [1.29, 1.82) is 0 Å². The number of aromatic nitrogens is 2. The van der Waals surface area contributed by atoms with Gasteiger partial charge in [0.05, 0.1) is 27.1 Å². The fraction of sp³-hybridized carbons (Fsp3) is 0.367. The van der Waals surface area contributed by atoms with Crippen molar-refractivity contribution in [1.82, 2.24) is 9.97 Å². The molecule has 0 spiro atoms. The molecule has 12 nitrogen and oxygen atoms in total. The van der Waals surface area contributed by atoms with Gasteiger partial charge in [-0.15, -0.1) is 0 Å². The Kier molecular flexibility index (Phi) is 8.25. The number of para-hydroxylation sites is 1. The van der Waals surface area contributed by atoms with Crippen molar-refractivity contribution < 1.29 is 28.6 Å². The fourth-order valence-corrected chi connectivity index (χ4v) is 5.16. The monoisotopic (exact) mass is 642 g/mol. The quantitative estimate of drug-likeness (QED) is 0.320. The number of nitrogens with zero attached hydrogens (tertiary/aromatic N) is 5. The molecule has 5 rings (SSSR count). The molecule has 0 unspecified atom stereocenters. The summed E-state index contributed by atoms with van der Waals surface area (Å²) in [5, 5.41) is 3.69. The first-order valence-electron chi connectivity index (χ1n) is 13.8. The first-order valence-corrected chi connectivity index (χ1v) is 14.5. The largest absolute Gasteiger partial charge is 0.455 e. The number of fused-ring (bicyclic) bond motifs is 2. The molecule has 232 valence electrons. The van der Waals surface area contributed by atoms with Gasteiger partial charge in [0.1, 0.15) is 16.8 Å². The van der Waals surface area contributed by atoms with Crippen LogP contribution in [-0.2, 0) is 9.47 Å². The minimum absolute atomic E-state index is 0.0800. The molecule has 2 aliphatic rings. The van der Waals surface area contributed by atoms with E-state index in [1.165, 1.54) is 20.9 Å². The molecular weight excluding hydrogens is 611 g/mol. The highest BCUT2D eigenvalue weighted by Gasteiger charge is 2.35. The van der Waals surface area contributed by atoms with E-state index in [1.807, 2.05) is 0 Å². The number of ether oxygens (including phenoxy) is 3. The number of nitrogens with one attached hydrogen (secondary N) is 1. The molecule has 0 saturated heterocycles. The van der Waals surface area contributed by atoms with Crippen molar-refractivity contribution in [3.63, 3.8) is 0 Å². The third kappa shape index (κ3) is 6.61. The maximum Gasteiger partial charge on any atom is 0.414 e. The molecule has 3 aromatic rings. The van der Waals surface area contributed by atoms with Crippen LogP contribution in [0.3, 0.4) is 0 Å². The normalized spacial score (nSPS) is 14.8. The van der Waals surface area contributed by atoms with Gasteiger partial charge in [-0.1, -0.05) is 29.3 Å². The summed E-state index contributed by atoms with van der Waals surface area (Å²) in [7, 11) is 0. The summed E-state index contributed by atoms with van der Waals surface area (Å²) in [5.41, 5.74) is 0.445. The predicted octanol–water partition coefficient (Wildman–Crippen LogP) is 7.02. The number of halogens is 2. The Morgan fingerprint density at radius 1 is 0.909 bits per heavy atom. The maximum absolute atomic E-state index is 13.3. The van der Waals surface area contributed by atoms with E-state index in [0.29, 0.717) is 32.8 Å². The van der Waals surface area contributed by atoms with Crippen LogP contribution in [0.2, 0.25) is 10.0 Å². The molecule has 1 aromatic heterocycles. The second kappa shape index (κ2) is 11.7. The molecular formula is C30H32Cl2N6O6. The molecule has 0 radical (unpaired) electrons. The molecule has 0 fully saturated rings. The fourth-order valence-electron chi connectivity index (χ4n) is 4.55. The minimum Gasteiger partial charge on any atom is -0.455 e. The van der Waals surface area contributed by atoms with E-state index in [1.54, 1.807) is 77.9 Å². The van der Waals surface area contributed by atoms with Gasteiger partial charge in [0.2, 0.25) is 11.8 Å². The zero-order valence-electron chi connectivity index (χ0n) is 25.1. The molecule has 0 atom stereocenters. The van der Waals surface area contributed by atoms with E-state index in [0.717, 1.165) is 0 Å². The summed E-state index contributed by atoms with van der Waals surface area (Å²) in [4.78, 5) is 52.4. The van der Waals surface area contributed by atoms with Crippen LogP contribution < -0.4 is 24.8 Å². The molecule has 14 heteroatoms. The first kappa shape index (κ1) is 31.1. The van der Waals surface area contributed by atoms with Crippen molar-refractivity contribution in [3.8, 4) is 5.88 Å². The van der Waals surface area contributed by atoms with Crippen molar-refractivity contribution >= 4 is 70.0 Å². The van der Waals surface area contributed by atoms with Crippen molar-refractivity contribution in [2.75, 3.05) is 39.8 Å². The van der Waals surface area contributed by atoms with Gasteiger partial charge in [0, 0.05) is 25.0 Å². The van der Waals surface area contributed by atoms with Crippen LogP contribution in [0.25, 0.3) is 0 Å². The van der Waals surface area contributed by atoms with E-state index in [4.69, 9.17) is 37.4 Å². The zero-order chi connectivity index (χ0) is 32.0. The van der Waals surface area contributed by atoms with Gasteiger partial charge in [0.25, 0.3) is 5.91 Å². The van der Waals surface area contributed by atoms with Gasteiger partial charge in [-0.25, -0.2) is 14.6 Å². The average Bonchev–Trinajstić information content (AvgIpc) is 2.91. The van der Waals surface area contributed by atoms with Gasteiger partial charge in [-0.05, 0) is 71.9 Å². The minimum atomic E-state index is -0.726. The lowest BCUT2D eigenvalue weighted by Crippen LogP contribution is -2.49. The number of anilines is 5. The summed E-state index contributed by atoms with van der Waals surface area (Å²) in [6, 6.07) is 10.0. The van der Waals surface area contributed by atoms with Crippen molar-refractivity contribution in [3.05, 3.63) is 58.2 Å². The van der Waals surface area contributed by atoms with Gasteiger partial charge >= 0.3 is 12.2 Å². The lowest BCUT2D eigenvalue weighted by atomic mass is 10.1. The molecule has 3 heterocycles. The lowest BCUT2D eigenvalue weighted by Gasteiger charge is -2.37. The molecule has 1 N–H and O–H groups in total. The van der Waals surface area contributed by atoms with Crippen LogP contribution >= 0.6 is 23.2 Å². The predicted molar refractivity (Wildman–Crippen MR) is 168 cm³/mol. The van der Waals surface area contributed by atoms with E-state index in [-0.39, 0.29) is 37.2 Å². The summed E-state index contributed by atoms with van der Waals surface area (Å²) in [6.07, 6.45) is 0.259. The molecule has 2 aromatic carbocycles. The standard InChI is InChI=1S/C30H32Cl2N6O6/c1-29(2,3)43-27(40)36-12-13-37(28(41)44-30(4,5)6)22-14-17(10-11-21(22)36)34-26-33-15-18-24(35-26)42-16-38(25(18)39)23-19(31)8-7-9-20(23)32/h7-11,14-15H,12-13,16H2,1-6H3,(H,33,34,35). The van der Waals surface area contributed by atoms with E-state index in [9.17, 15) is 14.4 Å². The van der Waals surface area contributed by atoms with Crippen LogP contribution in [0.1, 0.15) is 51.9 Å². The number of benzene rings is 2. The number of carbonyl (C=O) groups is 3. The Hall–Kier alpha value is -4.29. The summed E-state index contributed by atoms with van der Waals surface area (Å²) >= 11 is 12.6. The maximum atomic E-state index is 13.3. The number of rotatable bonds is 3. The highest BCUT2D eigenvalue weighted by Crippen LogP contribution is 2.39. The van der Waals surface area contributed by atoms with Crippen LogP contribution in [0, 0.1) is 0 Å². The Balaban J connectivity index is 1.43. The van der Waals surface area contributed by atoms with Crippen LogP contribution in [0.15, 0.2) is 42.6 Å². The Morgan fingerprint density at radius 3 is 2.09 bits per heavy atom. The molecule has 3 amide bonds. The summed E-state index contributed by atoms with van der Waals surface area (Å²) in [5.74, 6) is -0.197. The highest BCUT2D eigenvalue weighted by molar-refractivity contribution is 6.40. The highest BCUT2D eigenvalue weighted by atomic mass is 35.5.